The van der Waals surface area contributed by atoms with Crippen LogP contribution in [-0.4, -0.2) is 32.6 Å². The summed E-state index contributed by atoms with van der Waals surface area (Å²) in [5, 5.41) is 5.13. The number of ether oxygens (including phenoxy) is 2. The third-order valence-electron chi connectivity index (χ3n) is 3.48. The largest absolute Gasteiger partial charge is 0.496 e. The minimum Gasteiger partial charge on any atom is -0.496 e. The molecule has 0 bridgehead atoms. The van der Waals surface area contributed by atoms with Gasteiger partial charge in [0.05, 0.1) is 11.4 Å². The summed E-state index contributed by atoms with van der Waals surface area (Å²) in [6, 6.07) is 10.9. The highest BCUT2D eigenvalue weighted by Gasteiger charge is 2.18. The van der Waals surface area contributed by atoms with Crippen molar-refractivity contribution in [2.45, 2.75) is 12.6 Å². The van der Waals surface area contributed by atoms with Gasteiger partial charge in [-0.05, 0) is 18.2 Å². The Morgan fingerprint density at radius 1 is 1.12 bits per heavy atom. The zero-order chi connectivity index (χ0) is 18.2. The summed E-state index contributed by atoms with van der Waals surface area (Å²) in [6.45, 7) is 0.374. The average Bonchev–Trinajstić information content (AvgIpc) is 3.06. The summed E-state index contributed by atoms with van der Waals surface area (Å²) in [5.74, 6) is -0.790. The maximum atomic E-state index is 11.9. The molecule has 6 nitrogen and oxygen atoms in total. The highest BCUT2D eigenvalue weighted by atomic mass is 35.5. The van der Waals surface area contributed by atoms with Crippen molar-refractivity contribution in [2.75, 3.05) is 20.8 Å². The number of methoxy groups -OCH3 is 2. The average molecular weight is 383 g/mol. The van der Waals surface area contributed by atoms with Gasteiger partial charge in [0.15, 0.2) is 0 Å². The maximum absolute atomic E-state index is 11.9. The lowest BCUT2D eigenvalue weighted by atomic mass is 10.2. The second-order valence-electron chi connectivity index (χ2n) is 5.07. The van der Waals surface area contributed by atoms with Crippen LogP contribution < -0.4 is 15.4 Å². The number of carbonyl (C=O) groups excluding carboxylic acids is 2. The van der Waals surface area contributed by atoms with Gasteiger partial charge in [-0.1, -0.05) is 29.8 Å². The lowest BCUT2D eigenvalue weighted by Crippen LogP contribution is -2.41. The smallest absolute Gasteiger partial charge is 0.309 e. The van der Waals surface area contributed by atoms with Crippen LogP contribution in [0, 0.1) is 0 Å². The number of hydrogen-bond acceptors (Lipinski definition) is 5. The monoisotopic (exact) mass is 382 g/mol. The molecule has 0 aliphatic heterocycles. The molecule has 2 rings (SSSR count). The third-order valence-corrected chi connectivity index (χ3v) is 4.81. The Morgan fingerprint density at radius 2 is 1.84 bits per heavy atom. The van der Waals surface area contributed by atoms with E-state index >= 15 is 0 Å². The van der Waals surface area contributed by atoms with Gasteiger partial charge >= 0.3 is 11.8 Å². The van der Waals surface area contributed by atoms with E-state index in [1.165, 1.54) is 18.4 Å². The lowest BCUT2D eigenvalue weighted by Gasteiger charge is -2.14. The number of carbonyl (C=O) groups is 2. The standard InChI is InChI=1S/C17H19ClN2O4S/c1-23-12-6-4-3-5-11(12)9-19-16(21)17(22)20-10-13(24-2)14-7-8-15(18)25-14/h3-8,13H,9-10H2,1-2H3,(H,19,21)(H,20,22). The van der Waals surface area contributed by atoms with Crippen LogP contribution in [0.15, 0.2) is 36.4 Å². The first kappa shape index (κ1) is 19.2. The summed E-state index contributed by atoms with van der Waals surface area (Å²) in [5.41, 5.74) is 0.786. The van der Waals surface area contributed by atoms with Crippen LogP contribution in [0.25, 0.3) is 0 Å². The van der Waals surface area contributed by atoms with Gasteiger partial charge in [-0.3, -0.25) is 9.59 Å². The highest BCUT2D eigenvalue weighted by molar-refractivity contribution is 7.16. The Hall–Kier alpha value is -2.09. The van der Waals surface area contributed by atoms with Crippen LogP contribution in [0.1, 0.15) is 16.5 Å². The van der Waals surface area contributed by atoms with Crippen molar-refractivity contribution in [2.24, 2.45) is 0 Å². The van der Waals surface area contributed by atoms with Crippen LogP contribution in [-0.2, 0) is 20.9 Å². The van der Waals surface area contributed by atoms with Gasteiger partial charge in [0.2, 0.25) is 0 Å². The van der Waals surface area contributed by atoms with Crippen LogP contribution in [0.2, 0.25) is 4.34 Å². The Morgan fingerprint density at radius 3 is 2.48 bits per heavy atom. The summed E-state index contributed by atoms with van der Waals surface area (Å²) in [7, 11) is 3.08. The number of halogens is 1. The Balaban J connectivity index is 1.84. The Labute approximate surface area is 155 Å². The fourth-order valence-electron chi connectivity index (χ4n) is 2.17. The quantitative estimate of drug-likeness (QED) is 0.721. The van der Waals surface area contributed by atoms with Crippen LogP contribution in [0.5, 0.6) is 5.75 Å². The molecule has 0 radical (unpaired) electrons. The van der Waals surface area contributed by atoms with Gasteiger partial charge in [0.25, 0.3) is 0 Å². The first-order valence-corrected chi connectivity index (χ1v) is 8.70. The molecule has 2 amide bonds. The molecule has 1 atom stereocenters. The molecular formula is C17H19ClN2O4S. The van der Waals surface area contributed by atoms with Crippen molar-refractivity contribution in [3.05, 3.63) is 51.2 Å². The zero-order valence-corrected chi connectivity index (χ0v) is 15.4. The SMILES string of the molecule is COc1ccccc1CNC(=O)C(=O)NCC(OC)c1ccc(Cl)s1. The molecule has 1 aromatic carbocycles. The lowest BCUT2D eigenvalue weighted by molar-refractivity contribution is -0.139. The fourth-order valence-corrected chi connectivity index (χ4v) is 3.31. The van der Waals surface area contributed by atoms with Gasteiger partial charge in [0.1, 0.15) is 11.9 Å². The van der Waals surface area contributed by atoms with Crippen molar-refractivity contribution in [1.29, 1.82) is 0 Å². The first-order chi connectivity index (χ1) is 12.0. The Kier molecular flexibility index (Phi) is 7.24. The predicted molar refractivity (Wildman–Crippen MR) is 96.9 cm³/mol. The van der Waals surface area contributed by atoms with E-state index in [0.717, 1.165) is 10.4 Å². The number of rotatable bonds is 7. The molecule has 134 valence electrons. The molecule has 1 aromatic heterocycles. The molecule has 0 saturated carbocycles. The van der Waals surface area contributed by atoms with Crippen LogP contribution in [0.3, 0.4) is 0 Å². The van der Waals surface area contributed by atoms with Gasteiger partial charge in [-0.2, -0.15) is 0 Å². The van der Waals surface area contributed by atoms with Gasteiger partial charge < -0.3 is 20.1 Å². The normalized spacial score (nSPS) is 11.6. The van der Waals surface area contributed by atoms with E-state index in [0.29, 0.717) is 10.1 Å². The summed E-state index contributed by atoms with van der Waals surface area (Å²) < 4.78 is 11.2. The molecule has 0 aliphatic carbocycles. The van der Waals surface area contributed by atoms with Gasteiger partial charge in [0, 0.05) is 30.6 Å². The van der Waals surface area contributed by atoms with Crippen molar-refractivity contribution in [3.63, 3.8) is 0 Å². The molecule has 0 saturated heterocycles. The van der Waals surface area contributed by atoms with Gasteiger partial charge in [-0.25, -0.2) is 0 Å². The van der Waals surface area contributed by atoms with E-state index in [1.54, 1.807) is 19.2 Å². The molecule has 1 heterocycles. The molecule has 0 fully saturated rings. The van der Waals surface area contributed by atoms with Crippen molar-refractivity contribution in [1.82, 2.24) is 10.6 Å². The molecule has 2 aromatic rings. The predicted octanol–water partition coefficient (Wildman–Crippen LogP) is 2.53. The second kappa shape index (κ2) is 9.41. The van der Waals surface area contributed by atoms with Gasteiger partial charge in [-0.15, -0.1) is 11.3 Å². The number of thiophene rings is 1. The topological polar surface area (TPSA) is 76.7 Å². The Bertz CT molecular complexity index is 735. The van der Waals surface area contributed by atoms with E-state index in [-0.39, 0.29) is 19.2 Å². The molecular weight excluding hydrogens is 364 g/mol. The highest BCUT2D eigenvalue weighted by Crippen LogP contribution is 2.28. The fraction of sp³-hybridized carbons (Fsp3) is 0.294. The number of para-hydroxylation sites is 1. The van der Waals surface area contributed by atoms with Crippen molar-refractivity contribution in [3.8, 4) is 5.75 Å². The molecule has 1 unspecified atom stereocenters. The minimum atomic E-state index is -0.723. The molecule has 0 aliphatic rings. The van der Waals surface area contributed by atoms with Crippen molar-refractivity contribution < 1.29 is 19.1 Å². The van der Waals surface area contributed by atoms with E-state index in [2.05, 4.69) is 10.6 Å². The summed E-state index contributed by atoms with van der Waals surface area (Å²) >= 11 is 7.27. The first-order valence-electron chi connectivity index (χ1n) is 7.51. The van der Waals surface area contributed by atoms with Crippen LogP contribution >= 0.6 is 22.9 Å². The molecule has 2 N–H and O–H groups in total. The second-order valence-corrected chi connectivity index (χ2v) is 6.82. The van der Waals surface area contributed by atoms with Crippen LogP contribution in [0.4, 0.5) is 0 Å². The van der Waals surface area contributed by atoms with E-state index in [1.807, 2.05) is 24.3 Å². The molecule has 8 heteroatoms. The zero-order valence-electron chi connectivity index (χ0n) is 13.9. The molecule has 25 heavy (non-hydrogen) atoms. The summed E-state index contributed by atoms with van der Waals surface area (Å²) in [6.07, 6.45) is -0.358. The van der Waals surface area contributed by atoms with E-state index in [9.17, 15) is 9.59 Å². The maximum Gasteiger partial charge on any atom is 0.309 e. The molecule has 0 spiro atoms. The van der Waals surface area contributed by atoms with E-state index in [4.69, 9.17) is 21.1 Å². The van der Waals surface area contributed by atoms with Crippen molar-refractivity contribution >= 4 is 34.8 Å². The summed E-state index contributed by atoms with van der Waals surface area (Å²) in [4.78, 5) is 24.8. The third kappa shape index (κ3) is 5.45. The van der Waals surface area contributed by atoms with E-state index < -0.39 is 11.8 Å². The minimum absolute atomic E-state index is 0.175. The number of amides is 2. The number of hydrogen-bond donors (Lipinski definition) is 2. The number of benzene rings is 1. The number of nitrogens with one attached hydrogen (secondary N) is 2.